The summed E-state index contributed by atoms with van der Waals surface area (Å²) >= 11 is 0. The van der Waals surface area contributed by atoms with Gasteiger partial charge in [0.15, 0.2) is 11.6 Å². The van der Waals surface area contributed by atoms with Gasteiger partial charge in [0.1, 0.15) is 11.9 Å². The molecule has 1 fully saturated rings. The van der Waals surface area contributed by atoms with Gasteiger partial charge in [-0.1, -0.05) is 18.2 Å². The highest BCUT2D eigenvalue weighted by molar-refractivity contribution is 5.91. The van der Waals surface area contributed by atoms with E-state index in [1.807, 2.05) is 19.9 Å². The van der Waals surface area contributed by atoms with E-state index in [1.165, 1.54) is 12.3 Å². The van der Waals surface area contributed by atoms with Gasteiger partial charge in [0, 0.05) is 31.7 Å². The van der Waals surface area contributed by atoms with Crippen LogP contribution in [0, 0.1) is 5.82 Å². The fourth-order valence-electron chi connectivity index (χ4n) is 3.68. The van der Waals surface area contributed by atoms with Crippen molar-refractivity contribution in [2.24, 2.45) is 0 Å². The van der Waals surface area contributed by atoms with E-state index in [2.05, 4.69) is 20.4 Å². The smallest absolute Gasteiger partial charge is 0.289 e. The van der Waals surface area contributed by atoms with E-state index in [-0.39, 0.29) is 17.8 Å². The minimum absolute atomic E-state index is 0.0380. The van der Waals surface area contributed by atoms with Crippen molar-refractivity contribution >= 4 is 5.91 Å². The summed E-state index contributed by atoms with van der Waals surface area (Å²) in [6.45, 7) is 6.12. The molecule has 8 nitrogen and oxygen atoms in total. The number of amides is 1. The minimum Gasteiger partial charge on any atom is -0.459 e. The molecule has 9 heteroatoms. The topological polar surface area (TPSA) is 80.3 Å². The van der Waals surface area contributed by atoms with Crippen molar-refractivity contribution in [3.63, 3.8) is 0 Å². The zero-order valence-corrected chi connectivity index (χ0v) is 16.4. The van der Waals surface area contributed by atoms with Gasteiger partial charge in [0.25, 0.3) is 5.91 Å². The summed E-state index contributed by atoms with van der Waals surface area (Å²) in [4.78, 5) is 16.4. The zero-order chi connectivity index (χ0) is 20.4. The maximum atomic E-state index is 14.7. The van der Waals surface area contributed by atoms with Crippen LogP contribution in [0.3, 0.4) is 0 Å². The summed E-state index contributed by atoms with van der Waals surface area (Å²) in [7, 11) is 0. The van der Waals surface area contributed by atoms with Crippen LogP contribution in [0.4, 0.5) is 4.39 Å². The molecule has 1 saturated heterocycles. The predicted molar refractivity (Wildman–Crippen MR) is 103 cm³/mol. The largest absolute Gasteiger partial charge is 0.459 e. The van der Waals surface area contributed by atoms with Crippen LogP contribution in [0.25, 0.3) is 0 Å². The van der Waals surface area contributed by atoms with Gasteiger partial charge in [-0.3, -0.25) is 9.69 Å². The summed E-state index contributed by atoms with van der Waals surface area (Å²) < 4.78 is 21.7. The van der Waals surface area contributed by atoms with Crippen LogP contribution in [0.15, 0.2) is 47.1 Å². The van der Waals surface area contributed by atoms with Gasteiger partial charge in [-0.25, -0.2) is 9.07 Å². The van der Waals surface area contributed by atoms with Crippen LogP contribution in [0.5, 0.6) is 0 Å². The van der Waals surface area contributed by atoms with Crippen molar-refractivity contribution in [2.45, 2.75) is 25.9 Å². The lowest BCUT2D eigenvalue weighted by atomic mass is 10.0. The average Bonchev–Trinajstić information content (AvgIpc) is 3.42. The summed E-state index contributed by atoms with van der Waals surface area (Å²) in [5.41, 5.74) is 0.523. The first-order valence-corrected chi connectivity index (χ1v) is 9.65. The lowest BCUT2D eigenvalue weighted by molar-refractivity contribution is 0.0556. The molecule has 0 saturated carbocycles. The second-order valence-corrected chi connectivity index (χ2v) is 7.30. The number of hydrogen-bond donors (Lipinski definition) is 0. The first-order valence-electron chi connectivity index (χ1n) is 9.65. The van der Waals surface area contributed by atoms with Crippen LogP contribution in [-0.4, -0.2) is 62.1 Å². The molecule has 4 rings (SSSR count). The standard InChI is InChI=1S/C20H23FN6O2/c1-14(2)27-19(22-23-24-27)18(15-6-3-4-7-16(15)21)25-9-11-26(12-10-25)20(28)17-8-5-13-29-17/h3-8,13-14,18H,9-12H2,1-2H3/t18-/m0/s1. The van der Waals surface area contributed by atoms with Crippen LogP contribution >= 0.6 is 0 Å². The monoisotopic (exact) mass is 398 g/mol. The lowest BCUT2D eigenvalue weighted by Crippen LogP contribution is -2.50. The third-order valence-corrected chi connectivity index (χ3v) is 5.15. The molecular formula is C20H23FN6O2. The Labute approximate surface area is 167 Å². The van der Waals surface area contributed by atoms with Gasteiger partial charge in [-0.05, 0) is 42.5 Å². The van der Waals surface area contributed by atoms with Gasteiger partial charge in [-0.15, -0.1) is 5.10 Å². The maximum Gasteiger partial charge on any atom is 0.289 e. The van der Waals surface area contributed by atoms with Crippen LogP contribution < -0.4 is 0 Å². The molecule has 1 aromatic carbocycles. The zero-order valence-electron chi connectivity index (χ0n) is 16.4. The Morgan fingerprint density at radius 1 is 1.10 bits per heavy atom. The summed E-state index contributed by atoms with van der Waals surface area (Å²) in [6, 6.07) is 9.65. The number of benzene rings is 1. The number of piperazine rings is 1. The molecule has 3 aromatic rings. The molecule has 0 aliphatic carbocycles. The highest BCUT2D eigenvalue weighted by Gasteiger charge is 2.34. The van der Waals surface area contributed by atoms with Gasteiger partial charge >= 0.3 is 0 Å². The molecule has 1 amide bonds. The summed E-state index contributed by atoms with van der Waals surface area (Å²) in [6.07, 6.45) is 1.49. The number of furan rings is 1. The molecule has 0 unspecified atom stereocenters. The van der Waals surface area contributed by atoms with E-state index in [9.17, 15) is 9.18 Å². The van der Waals surface area contributed by atoms with Gasteiger partial charge in [0.05, 0.1) is 12.3 Å². The second kappa shape index (κ2) is 8.12. The molecule has 1 atom stereocenters. The molecule has 1 aliphatic rings. The van der Waals surface area contributed by atoms with Gasteiger partial charge in [-0.2, -0.15) is 0 Å². The molecule has 0 N–H and O–H groups in total. The van der Waals surface area contributed by atoms with Crippen LogP contribution in [0.1, 0.15) is 47.9 Å². The molecule has 0 radical (unpaired) electrons. The molecule has 2 aromatic heterocycles. The molecule has 0 bridgehead atoms. The van der Waals surface area contributed by atoms with Crippen molar-refractivity contribution in [2.75, 3.05) is 26.2 Å². The van der Waals surface area contributed by atoms with E-state index in [1.54, 1.807) is 33.8 Å². The number of hydrogen-bond acceptors (Lipinski definition) is 6. The number of tetrazole rings is 1. The van der Waals surface area contributed by atoms with Crippen LogP contribution in [0.2, 0.25) is 0 Å². The van der Waals surface area contributed by atoms with Crippen molar-refractivity contribution in [1.29, 1.82) is 0 Å². The van der Waals surface area contributed by atoms with Crippen molar-refractivity contribution in [1.82, 2.24) is 30.0 Å². The SMILES string of the molecule is CC(C)n1nnnc1[C@H](c1ccccc1F)N1CCN(C(=O)c2ccco2)CC1. The summed E-state index contributed by atoms with van der Waals surface area (Å²) in [5.74, 6) is 0.484. The first kappa shape index (κ1) is 19.3. The van der Waals surface area contributed by atoms with E-state index < -0.39 is 6.04 Å². The third-order valence-electron chi connectivity index (χ3n) is 5.15. The number of nitrogens with zero attached hydrogens (tertiary/aromatic N) is 6. The minimum atomic E-state index is -0.436. The molecular weight excluding hydrogens is 375 g/mol. The third kappa shape index (κ3) is 3.77. The van der Waals surface area contributed by atoms with E-state index in [0.717, 1.165) is 0 Å². The maximum absolute atomic E-state index is 14.7. The van der Waals surface area contributed by atoms with Crippen molar-refractivity contribution < 1.29 is 13.6 Å². The van der Waals surface area contributed by atoms with Crippen molar-refractivity contribution in [3.8, 4) is 0 Å². The number of halogens is 1. The Kier molecular flexibility index (Phi) is 5.39. The molecule has 3 heterocycles. The lowest BCUT2D eigenvalue weighted by Gasteiger charge is -2.38. The van der Waals surface area contributed by atoms with E-state index in [4.69, 9.17) is 4.42 Å². The Morgan fingerprint density at radius 3 is 2.52 bits per heavy atom. The molecule has 1 aliphatic heterocycles. The molecule has 0 spiro atoms. The number of aromatic nitrogens is 4. The number of carbonyl (C=O) groups is 1. The van der Waals surface area contributed by atoms with Crippen LogP contribution in [-0.2, 0) is 0 Å². The summed E-state index contributed by atoms with van der Waals surface area (Å²) in [5, 5.41) is 12.1. The quantitative estimate of drug-likeness (QED) is 0.657. The fraction of sp³-hybridized carbons (Fsp3) is 0.400. The fourth-order valence-corrected chi connectivity index (χ4v) is 3.68. The Bertz CT molecular complexity index is 963. The second-order valence-electron chi connectivity index (χ2n) is 7.30. The normalized spacial score (nSPS) is 16.3. The Balaban J connectivity index is 1.61. The van der Waals surface area contributed by atoms with E-state index >= 15 is 0 Å². The number of rotatable bonds is 5. The van der Waals surface area contributed by atoms with Crippen molar-refractivity contribution in [3.05, 3.63) is 65.6 Å². The average molecular weight is 398 g/mol. The highest BCUT2D eigenvalue weighted by atomic mass is 19.1. The van der Waals surface area contributed by atoms with E-state index in [0.29, 0.717) is 43.3 Å². The molecule has 152 valence electrons. The Morgan fingerprint density at radius 2 is 1.86 bits per heavy atom. The molecule has 29 heavy (non-hydrogen) atoms. The van der Waals surface area contributed by atoms with Gasteiger partial charge in [0.2, 0.25) is 0 Å². The Hall–Kier alpha value is -3.07. The number of carbonyl (C=O) groups excluding carboxylic acids is 1. The predicted octanol–water partition coefficient (Wildman–Crippen LogP) is 2.53. The first-order chi connectivity index (χ1) is 14.1. The van der Waals surface area contributed by atoms with Gasteiger partial charge < -0.3 is 9.32 Å². The highest BCUT2D eigenvalue weighted by Crippen LogP contribution is 2.31.